The van der Waals surface area contributed by atoms with E-state index in [9.17, 15) is 0 Å². The van der Waals surface area contributed by atoms with Crippen LogP contribution in [0.3, 0.4) is 0 Å². The van der Waals surface area contributed by atoms with E-state index in [1.165, 1.54) is 0 Å². The largest absolute Gasteiger partial charge is 0.368 e. The lowest BCUT2D eigenvalue weighted by atomic mass is 10.1. The van der Waals surface area contributed by atoms with Gasteiger partial charge in [0, 0.05) is 13.1 Å². The van der Waals surface area contributed by atoms with Crippen molar-refractivity contribution in [2.75, 3.05) is 13.1 Å². The van der Waals surface area contributed by atoms with Crippen LogP contribution in [0.2, 0.25) is 0 Å². The Balaban J connectivity index is 2.61. The fourth-order valence-corrected chi connectivity index (χ4v) is 1.25. The fourth-order valence-electron chi connectivity index (χ4n) is 1.25. The highest BCUT2D eigenvalue weighted by Gasteiger charge is 2.22. The van der Waals surface area contributed by atoms with Gasteiger partial charge >= 0.3 is 0 Å². The first-order valence-electron chi connectivity index (χ1n) is 4.66. The number of nitrogens with one attached hydrogen (secondary N) is 3. The summed E-state index contributed by atoms with van der Waals surface area (Å²) in [5.74, 6) is 0. The Morgan fingerprint density at radius 1 is 1.07 bits per heavy atom. The quantitative estimate of drug-likeness (QED) is 0.430. The lowest BCUT2D eigenvalue weighted by molar-refractivity contribution is 0.424. The van der Waals surface area contributed by atoms with E-state index in [1.54, 1.807) is 0 Å². The average molecular weight is 191 g/mol. The second-order valence-electron chi connectivity index (χ2n) is 3.04. The molecule has 0 saturated carbocycles. The van der Waals surface area contributed by atoms with Gasteiger partial charge in [0.05, 0.1) is 0 Å². The van der Waals surface area contributed by atoms with Gasteiger partial charge in [0.25, 0.3) is 0 Å². The van der Waals surface area contributed by atoms with Crippen LogP contribution in [0.15, 0.2) is 49.9 Å². The topological polar surface area (TPSA) is 36.1 Å². The van der Waals surface area contributed by atoms with E-state index in [1.807, 2.05) is 36.7 Å². The van der Waals surface area contributed by atoms with Crippen molar-refractivity contribution < 1.29 is 0 Å². The minimum Gasteiger partial charge on any atom is -0.368 e. The van der Waals surface area contributed by atoms with Crippen LogP contribution in [0.5, 0.6) is 0 Å². The summed E-state index contributed by atoms with van der Waals surface area (Å²) in [6, 6.07) is 0. The fraction of sp³-hybridized carbons (Fsp3) is 0.273. The predicted octanol–water partition coefficient (Wildman–Crippen LogP) is 0.864. The molecule has 0 atom stereocenters. The third kappa shape index (κ3) is 2.87. The molecule has 0 amide bonds. The van der Waals surface area contributed by atoms with Gasteiger partial charge in [0.15, 0.2) is 0 Å². The molecule has 0 spiro atoms. The van der Waals surface area contributed by atoms with E-state index in [-0.39, 0.29) is 5.66 Å². The second kappa shape index (κ2) is 5.42. The Kier molecular flexibility index (Phi) is 4.16. The molecular weight excluding hydrogens is 174 g/mol. The van der Waals surface area contributed by atoms with Crippen LogP contribution in [-0.2, 0) is 0 Å². The molecule has 0 aromatic carbocycles. The molecule has 76 valence electrons. The minimum absolute atomic E-state index is 0.284. The van der Waals surface area contributed by atoms with Gasteiger partial charge in [-0.2, -0.15) is 0 Å². The third-order valence-electron chi connectivity index (χ3n) is 1.96. The zero-order chi connectivity index (χ0) is 10.3. The van der Waals surface area contributed by atoms with Gasteiger partial charge < -0.3 is 5.32 Å². The molecule has 0 bridgehead atoms. The molecule has 14 heavy (non-hydrogen) atoms. The number of dihydropyridines is 1. The van der Waals surface area contributed by atoms with Crippen molar-refractivity contribution in [2.45, 2.75) is 5.66 Å². The van der Waals surface area contributed by atoms with Gasteiger partial charge in [-0.15, -0.1) is 13.2 Å². The summed E-state index contributed by atoms with van der Waals surface area (Å²) in [5.41, 5.74) is -0.284. The molecule has 0 saturated heterocycles. The molecule has 3 nitrogen and oxygen atoms in total. The zero-order valence-corrected chi connectivity index (χ0v) is 8.29. The summed E-state index contributed by atoms with van der Waals surface area (Å²) in [6.07, 6.45) is 11.5. The van der Waals surface area contributed by atoms with Crippen molar-refractivity contribution in [3.8, 4) is 0 Å². The predicted molar refractivity (Wildman–Crippen MR) is 60.5 cm³/mol. The molecule has 1 rings (SSSR count). The van der Waals surface area contributed by atoms with Crippen LogP contribution < -0.4 is 16.0 Å². The van der Waals surface area contributed by atoms with Crippen molar-refractivity contribution in [3.05, 3.63) is 49.9 Å². The summed E-state index contributed by atoms with van der Waals surface area (Å²) in [6.45, 7) is 8.86. The van der Waals surface area contributed by atoms with E-state index in [2.05, 4.69) is 29.1 Å². The standard InChI is InChI=1S/C11H17N3/c1-3-7-13-11(14-8-4-2)5-9-12-10-6-11/h3-6,9-10,12-14H,1-2,7-8H2. The number of hydrogen-bond donors (Lipinski definition) is 3. The average Bonchev–Trinajstić information content (AvgIpc) is 2.25. The first-order valence-corrected chi connectivity index (χ1v) is 4.66. The van der Waals surface area contributed by atoms with Crippen LogP contribution in [0.4, 0.5) is 0 Å². The van der Waals surface area contributed by atoms with Gasteiger partial charge in [-0.1, -0.05) is 12.2 Å². The van der Waals surface area contributed by atoms with Crippen LogP contribution in [-0.4, -0.2) is 18.8 Å². The molecule has 0 aromatic rings. The van der Waals surface area contributed by atoms with Crippen LogP contribution >= 0.6 is 0 Å². The van der Waals surface area contributed by atoms with Gasteiger partial charge in [-0.3, -0.25) is 10.6 Å². The summed E-state index contributed by atoms with van der Waals surface area (Å²) >= 11 is 0. The van der Waals surface area contributed by atoms with Crippen LogP contribution in [0, 0.1) is 0 Å². The molecule has 0 aliphatic carbocycles. The molecule has 1 aliphatic rings. The van der Waals surface area contributed by atoms with Crippen LogP contribution in [0.25, 0.3) is 0 Å². The highest BCUT2D eigenvalue weighted by molar-refractivity contribution is 5.21. The Morgan fingerprint density at radius 2 is 1.57 bits per heavy atom. The van der Waals surface area contributed by atoms with Gasteiger partial charge in [-0.25, -0.2) is 0 Å². The highest BCUT2D eigenvalue weighted by Crippen LogP contribution is 2.07. The molecular formula is C11H17N3. The Hall–Kier alpha value is -1.32. The monoisotopic (exact) mass is 191 g/mol. The van der Waals surface area contributed by atoms with Crippen LogP contribution in [0.1, 0.15) is 0 Å². The van der Waals surface area contributed by atoms with Gasteiger partial charge in [0.1, 0.15) is 5.66 Å². The van der Waals surface area contributed by atoms with Gasteiger partial charge in [0.2, 0.25) is 0 Å². The van der Waals surface area contributed by atoms with E-state index in [0.717, 1.165) is 13.1 Å². The SMILES string of the molecule is C=CCNC1(NCC=C)C=CNC=C1. The summed E-state index contributed by atoms with van der Waals surface area (Å²) in [4.78, 5) is 0. The molecule has 1 heterocycles. The first-order chi connectivity index (χ1) is 6.83. The maximum atomic E-state index is 3.68. The third-order valence-corrected chi connectivity index (χ3v) is 1.96. The van der Waals surface area contributed by atoms with E-state index in [4.69, 9.17) is 0 Å². The molecule has 0 fully saturated rings. The molecule has 3 heteroatoms. The summed E-state index contributed by atoms with van der Waals surface area (Å²) in [5, 5.41) is 9.66. The molecule has 3 N–H and O–H groups in total. The Morgan fingerprint density at radius 3 is 2.00 bits per heavy atom. The molecule has 0 unspecified atom stereocenters. The number of hydrogen-bond acceptors (Lipinski definition) is 3. The van der Waals surface area contributed by atoms with Crippen molar-refractivity contribution in [2.24, 2.45) is 0 Å². The lowest BCUT2D eigenvalue weighted by Gasteiger charge is -2.31. The van der Waals surface area contributed by atoms with E-state index < -0.39 is 0 Å². The molecule has 0 aromatic heterocycles. The minimum atomic E-state index is -0.284. The zero-order valence-electron chi connectivity index (χ0n) is 8.29. The van der Waals surface area contributed by atoms with E-state index in [0.29, 0.717) is 0 Å². The maximum absolute atomic E-state index is 3.68. The van der Waals surface area contributed by atoms with Crippen molar-refractivity contribution in [1.82, 2.24) is 16.0 Å². The second-order valence-corrected chi connectivity index (χ2v) is 3.04. The first kappa shape index (κ1) is 10.8. The molecule has 0 radical (unpaired) electrons. The normalized spacial score (nSPS) is 17.4. The van der Waals surface area contributed by atoms with Crippen molar-refractivity contribution >= 4 is 0 Å². The maximum Gasteiger partial charge on any atom is 0.111 e. The smallest absolute Gasteiger partial charge is 0.111 e. The Labute approximate surface area is 85.3 Å². The van der Waals surface area contributed by atoms with Crippen molar-refractivity contribution in [1.29, 1.82) is 0 Å². The Bertz CT molecular complexity index is 227. The molecule has 1 aliphatic heterocycles. The summed E-state index contributed by atoms with van der Waals surface area (Å²) < 4.78 is 0. The van der Waals surface area contributed by atoms with E-state index >= 15 is 0 Å². The summed E-state index contributed by atoms with van der Waals surface area (Å²) in [7, 11) is 0. The lowest BCUT2D eigenvalue weighted by Crippen LogP contribution is -2.55. The number of rotatable bonds is 6. The highest BCUT2D eigenvalue weighted by atomic mass is 15.2. The van der Waals surface area contributed by atoms with Crippen molar-refractivity contribution in [3.63, 3.8) is 0 Å². The van der Waals surface area contributed by atoms with Gasteiger partial charge in [-0.05, 0) is 24.6 Å².